The van der Waals surface area contributed by atoms with E-state index < -0.39 is 5.60 Å². The van der Waals surface area contributed by atoms with E-state index >= 15 is 0 Å². The number of nitrogens with one attached hydrogen (secondary N) is 1. The Balaban J connectivity index is 1.88. The van der Waals surface area contributed by atoms with E-state index in [-0.39, 0.29) is 0 Å². The topological polar surface area (TPSA) is 41.5 Å². The molecule has 4 heteroatoms. The van der Waals surface area contributed by atoms with E-state index in [0.717, 1.165) is 55.4 Å². The molecule has 2 N–H and O–H groups in total. The van der Waals surface area contributed by atoms with Crippen molar-refractivity contribution in [1.82, 2.24) is 5.32 Å². The second-order valence-electron chi connectivity index (χ2n) is 6.02. The van der Waals surface area contributed by atoms with Crippen LogP contribution in [0.1, 0.15) is 51.0 Å². The molecule has 0 atom stereocenters. The molecule has 2 rings (SSSR count). The van der Waals surface area contributed by atoms with Gasteiger partial charge in [0.2, 0.25) is 0 Å². The number of hydrogen-bond acceptors (Lipinski definition) is 3. The van der Waals surface area contributed by atoms with Gasteiger partial charge in [0.1, 0.15) is 12.4 Å². The van der Waals surface area contributed by atoms with Crippen molar-refractivity contribution in [2.24, 2.45) is 0 Å². The van der Waals surface area contributed by atoms with Gasteiger partial charge in [-0.25, -0.2) is 0 Å². The molecule has 1 aliphatic carbocycles. The van der Waals surface area contributed by atoms with Crippen molar-refractivity contribution >= 4 is 15.9 Å². The van der Waals surface area contributed by atoms with Gasteiger partial charge in [-0.3, -0.25) is 0 Å². The summed E-state index contributed by atoms with van der Waals surface area (Å²) in [7, 11) is 0. The molecule has 0 aromatic heterocycles. The van der Waals surface area contributed by atoms with E-state index in [1.807, 2.05) is 6.07 Å². The van der Waals surface area contributed by atoms with Crippen LogP contribution in [0.3, 0.4) is 0 Å². The molecule has 1 aromatic rings. The third kappa shape index (κ3) is 5.28. The van der Waals surface area contributed by atoms with Gasteiger partial charge in [-0.05, 0) is 59.4 Å². The average molecular weight is 356 g/mol. The minimum atomic E-state index is -0.640. The molecule has 0 saturated heterocycles. The Morgan fingerprint density at radius 2 is 2.05 bits per heavy atom. The van der Waals surface area contributed by atoms with Crippen molar-refractivity contribution in [3.05, 3.63) is 28.2 Å². The quantitative estimate of drug-likeness (QED) is 0.725. The van der Waals surface area contributed by atoms with Crippen LogP contribution >= 0.6 is 15.9 Å². The summed E-state index contributed by atoms with van der Waals surface area (Å²) in [6.07, 6.45) is 6.27. The van der Waals surface area contributed by atoms with E-state index in [0.29, 0.717) is 6.61 Å². The molecule has 0 spiro atoms. The van der Waals surface area contributed by atoms with Crippen LogP contribution in [0.25, 0.3) is 0 Å². The van der Waals surface area contributed by atoms with Crippen LogP contribution in [-0.4, -0.2) is 23.9 Å². The molecule has 0 amide bonds. The number of benzene rings is 1. The maximum atomic E-state index is 10.5. The predicted molar refractivity (Wildman–Crippen MR) is 89.7 cm³/mol. The van der Waals surface area contributed by atoms with Gasteiger partial charge in [-0.2, -0.15) is 0 Å². The number of halogens is 1. The highest BCUT2D eigenvalue weighted by Gasteiger charge is 2.30. The highest BCUT2D eigenvalue weighted by atomic mass is 79.9. The fourth-order valence-electron chi connectivity index (χ4n) is 2.75. The van der Waals surface area contributed by atoms with Gasteiger partial charge in [-0.15, -0.1) is 0 Å². The standard InChI is InChI=1S/C17H26BrNO2/c1-2-10-19-12-14-6-7-16(15(18)11-14)21-13-17(20)8-4-3-5-9-17/h6-7,11,19-20H,2-5,8-10,12-13H2,1H3. The summed E-state index contributed by atoms with van der Waals surface area (Å²) in [5.41, 5.74) is 0.595. The summed E-state index contributed by atoms with van der Waals surface area (Å²) < 4.78 is 6.80. The third-order valence-corrected chi connectivity index (χ3v) is 4.65. The fourth-order valence-corrected chi connectivity index (χ4v) is 3.29. The first-order valence-corrected chi connectivity index (χ1v) is 8.76. The first-order valence-electron chi connectivity index (χ1n) is 7.97. The molecule has 118 valence electrons. The Morgan fingerprint density at radius 3 is 2.71 bits per heavy atom. The van der Waals surface area contributed by atoms with Crippen LogP contribution in [0, 0.1) is 0 Å². The van der Waals surface area contributed by atoms with E-state index in [2.05, 4.69) is 40.3 Å². The molecule has 0 heterocycles. The van der Waals surface area contributed by atoms with Crippen LogP contribution in [-0.2, 0) is 6.54 Å². The highest BCUT2D eigenvalue weighted by Crippen LogP contribution is 2.31. The minimum absolute atomic E-state index is 0.388. The zero-order valence-electron chi connectivity index (χ0n) is 12.8. The van der Waals surface area contributed by atoms with Gasteiger partial charge in [0.15, 0.2) is 0 Å². The largest absolute Gasteiger partial charge is 0.489 e. The van der Waals surface area contributed by atoms with Gasteiger partial charge in [0.25, 0.3) is 0 Å². The summed E-state index contributed by atoms with van der Waals surface area (Å²) in [4.78, 5) is 0. The monoisotopic (exact) mass is 355 g/mol. The summed E-state index contributed by atoms with van der Waals surface area (Å²) in [5.74, 6) is 0.813. The minimum Gasteiger partial charge on any atom is -0.489 e. The molecule has 21 heavy (non-hydrogen) atoms. The maximum Gasteiger partial charge on any atom is 0.133 e. The van der Waals surface area contributed by atoms with Crippen molar-refractivity contribution in [2.75, 3.05) is 13.2 Å². The first-order chi connectivity index (χ1) is 10.1. The molecule has 1 aromatic carbocycles. The molecule has 0 bridgehead atoms. The summed E-state index contributed by atoms with van der Waals surface area (Å²) in [6.45, 7) is 4.45. The molecule has 0 aliphatic heterocycles. The van der Waals surface area contributed by atoms with Crippen molar-refractivity contribution < 1.29 is 9.84 Å². The van der Waals surface area contributed by atoms with Crippen molar-refractivity contribution in [3.8, 4) is 5.75 Å². The Kier molecular flexibility index (Phi) is 6.52. The second-order valence-corrected chi connectivity index (χ2v) is 6.87. The summed E-state index contributed by atoms with van der Waals surface area (Å²) in [5, 5.41) is 13.9. The molecule has 0 unspecified atom stereocenters. The first kappa shape index (κ1) is 16.8. The van der Waals surface area contributed by atoms with Gasteiger partial charge < -0.3 is 15.2 Å². The molecule has 1 fully saturated rings. The van der Waals surface area contributed by atoms with E-state index in [9.17, 15) is 5.11 Å². The third-order valence-electron chi connectivity index (χ3n) is 4.03. The Hall–Kier alpha value is -0.580. The fraction of sp³-hybridized carbons (Fsp3) is 0.647. The number of hydrogen-bond donors (Lipinski definition) is 2. The van der Waals surface area contributed by atoms with Crippen molar-refractivity contribution in [2.45, 2.75) is 57.6 Å². The Bertz CT molecular complexity index is 444. The lowest BCUT2D eigenvalue weighted by Gasteiger charge is -2.31. The normalized spacial score (nSPS) is 17.7. The van der Waals surface area contributed by atoms with Crippen LogP contribution in [0.4, 0.5) is 0 Å². The van der Waals surface area contributed by atoms with Crippen LogP contribution < -0.4 is 10.1 Å². The Morgan fingerprint density at radius 1 is 1.29 bits per heavy atom. The van der Waals surface area contributed by atoms with Gasteiger partial charge in [-0.1, -0.05) is 32.3 Å². The highest BCUT2D eigenvalue weighted by molar-refractivity contribution is 9.10. The predicted octanol–water partition coefficient (Wildman–Crippen LogP) is 4.02. The molecule has 3 nitrogen and oxygen atoms in total. The zero-order chi connectivity index (χ0) is 15.1. The lowest BCUT2D eigenvalue weighted by molar-refractivity contribution is -0.0340. The van der Waals surface area contributed by atoms with Crippen LogP contribution in [0.15, 0.2) is 22.7 Å². The van der Waals surface area contributed by atoms with E-state index in [4.69, 9.17) is 4.74 Å². The molecular formula is C17H26BrNO2. The van der Waals surface area contributed by atoms with Crippen LogP contribution in [0.5, 0.6) is 5.75 Å². The van der Waals surface area contributed by atoms with Gasteiger partial charge in [0.05, 0.1) is 10.1 Å². The van der Waals surface area contributed by atoms with E-state index in [1.54, 1.807) is 0 Å². The second kappa shape index (κ2) is 8.16. The lowest BCUT2D eigenvalue weighted by Crippen LogP contribution is -2.37. The number of aliphatic hydroxyl groups is 1. The Labute approximate surface area is 136 Å². The van der Waals surface area contributed by atoms with Crippen LogP contribution in [0.2, 0.25) is 0 Å². The smallest absolute Gasteiger partial charge is 0.133 e. The molecule has 1 saturated carbocycles. The lowest BCUT2D eigenvalue weighted by atomic mass is 9.85. The number of rotatable bonds is 7. The van der Waals surface area contributed by atoms with Crippen molar-refractivity contribution in [1.29, 1.82) is 0 Å². The summed E-state index contributed by atoms with van der Waals surface area (Å²) in [6, 6.07) is 6.15. The zero-order valence-corrected chi connectivity index (χ0v) is 14.4. The average Bonchev–Trinajstić information content (AvgIpc) is 2.47. The van der Waals surface area contributed by atoms with Crippen molar-refractivity contribution in [3.63, 3.8) is 0 Å². The number of ether oxygens (including phenoxy) is 1. The SMILES string of the molecule is CCCNCc1ccc(OCC2(O)CCCCC2)c(Br)c1. The van der Waals surface area contributed by atoms with E-state index in [1.165, 1.54) is 12.0 Å². The summed E-state index contributed by atoms with van der Waals surface area (Å²) >= 11 is 3.56. The maximum absolute atomic E-state index is 10.5. The molecular weight excluding hydrogens is 330 g/mol. The van der Waals surface area contributed by atoms with Gasteiger partial charge >= 0.3 is 0 Å². The molecule has 1 aliphatic rings. The molecule has 0 radical (unpaired) electrons. The van der Waals surface area contributed by atoms with Gasteiger partial charge in [0, 0.05) is 6.54 Å².